The van der Waals surface area contributed by atoms with E-state index in [4.69, 9.17) is 18.9 Å². The third-order valence-corrected chi connectivity index (χ3v) is 6.52. The van der Waals surface area contributed by atoms with Crippen LogP contribution in [-0.2, 0) is 14.2 Å². The van der Waals surface area contributed by atoms with Gasteiger partial charge in [0, 0.05) is 11.5 Å². The zero-order valence-corrected chi connectivity index (χ0v) is 20.4. The minimum absolute atomic E-state index is 0.0108. The van der Waals surface area contributed by atoms with Crippen LogP contribution >= 0.6 is 0 Å². The third kappa shape index (κ3) is 4.26. The maximum Gasteiger partial charge on any atom is 0.151 e. The van der Waals surface area contributed by atoms with Crippen LogP contribution < -0.4 is 10.1 Å². The van der Waals surface area contributed by atoms with Crippen LogP contribution in [-0.4, -0.2) is 53.2 Å². The molecule has 2 aliphatic heterocycles. The number of rotatable bonds is 7. The highest BCUT2D eigenvalue weighted by molar-refractivity contribution is 5.94. The van der Waals surface area contributed by atoms with Crippen molar-refractivity contribution in [2.45, 2.75) is 57.7 Å². The molecule has 0 aliphatic carbocycles. The van der Waals surface area contributed by atoms with Gasteiger partial charge in [-0.2, -0.15) is 0 Å². The van der Waals surface area contributed by atoms with Gasteiger partial charge in [-0.05, 0) is 57.0 Å². The van der Waals surface area contributed by atoms with Crippen LogP contribution in [0.1, 0.15) is 25.0 Å². The van der Waals surface area contributed by atoms with E-state index in [0.29, 0.717) is 23.9 Å². The average molecular weight is 480 g/mol. The Bertz CT molecular complexity index is 1270. The monoisotopic (exact) mass is 479 g/mol. The van der Waals surface area contributed by atoms with Crippen LogP contribution in [0.25, 0.3) is 10.9 Å². The van der Waals surface area contributed by atoms with Gasteiger partial charge in [-0.15, -0.1) is 6.58 Å². The number of fused-ring (bicyclic) bond motifs is 2. The number of nitrogens with one attached hydrogen (secondary N) is 1. The van der Waals surface area contributed by atoms with Crippen molar-refractivity contribution >= 4 is 22.4 Å². The molecule has 0 bridgehead atoms. The number of benzene rings is 2. The summed E-state index contributed by atoms with van der Waals surface area (Å²) in [5, 5.41) is 4.22. The van der Waals surface area contributed by atoms with Crippen molar-refractivity contribution in [1.29, 1.82) is 0 Å². The molecule has 2 unspecified atom stereocenters. The van der Waals surface area contributed by atoms with Gasteiger partial charge in [-0.25, -0.2) is 14.4 Å². The highest BCUT2D eigenvalue weighted by atomic mass is 19.1. The van der Waals surface area contributed by atoms with Crippen molar-refractivity contribution < 1.29 is 23.3 Å². The normalized spacial score (nSPS) is 25.7. The second-order valence-corrected chi connectivity index (χ2v) is 9.42. The van der Waals surface area contributed by atoms with E-state index < -0.39 is 23.6 Å². The van der Waals surface area contributed by atoms with E-state index in [9.17, 15) is 4.39 Å². The highest BCUT2D eigenvalue weighted by Gasteiger charge is 2.60. The molecule has 4 atom stereocenters. The van der Waals surface area contributed by atoms with Crippen LogP contribution in [0.2, 0.25) is 0 Å². The average Bonchev–Trinajstić information content (AvgIpc) is 3.33. The molecular formula is C27H30FN3O4. The second kappa shape index (κ2) is 9.18. The summed E-state index contributed by atoms with van der Waals surface area (Å²) in [4.78, 5) is 8.86. The van der Waals surface area contributed by atoms with Gasteiger partial charge >= 0.3 is 0 Å². The molecule has 35 heavy (non-hydrogen) atoms. The number of hydrogen-bond acceptors (Lipinski definition) is 7. The van der Waals surface area contributed by atoms with Crippen molar-refractivity contribution in [3.8, 4) is 5.75 Å². The Hall–Kier alpha value is -3.07. The van der Waals surface area contributed by atoms with Crippen LogP contribution in [0.4, 0.5) is 15.9 Å². The van der Waals surface area contributed by atoms with Crippen molar-refractivity contribution in [2.24, 2.45) is 0 Å². The number of aryl methyl sites for hydroxylation is 2. The van der Waals surface area contributed by atoms with E-state index in [2.05, 4.69) is 27.9 Å². The maximum absolute atomic E-state index is 14.3. The lowest BCUT2D eigenvalue weighted by Gasteiger charge is -2.30. The molecule has 184 valence electrons. The standard InChI is InChI=1S/C27H30FN3O4/c1-6-27-23(34-15(2)3)13-32-25(27)22(12-33-27)35-21-11-18(28)7-8-19(21)31-26-24-17(5)9-16(4)10-20(24)29-14-30-26/h6-11,14-15,22-23,25H,1,12-13H2,2-5H3,(H,29,30,31)/t22-,23-,25?,27?/m1/s1. The lowest BCUT2D eigenvalue weighted by Crippen LogP contribution is -2.47. The van der Waals surface area contributed by atoms with Gasteiger partial charge in [-0.1, -0.05) is 12.1 Å². The number of anilines is 2. The van der Waals surface area contributed by atoms with E-state index >= 15 is 0 Å². The fourth-order valence-electron chi connectivity index (χ4n) is 5.05. The zero-order valence-electron chi connectivity index (χ0n) is 20.4. The van der Waals surface area contributed by atoms with Crippen molar-refractivity contribution in [3.63, 3.8) is 0 Å². The molecule has 2 aliphatic rings. The van der Waals surface area contributed by atoms with E-state index in [1.807, 2.05) is 33.8 Å². The number of hydrogen-bond donors (Lipinski definition) is 1. The Balaban J connectivity index is 1.44. The first-order valence-corrected chi connectivity index (χ1v) is 11.8. The lowest BCUT2D eigenvalue weighted by molar-refractivity contribution is -0.0934. The van der Waals surface area contributed by atoms with Crippen molar-refractivity contribution in [2.75, 3.05) is 18.5 Å². The molecule has 8 heteroatoms. The van der Waals surface area contributed by atoms with Gasteiger partial charge in [0.15, 0.2) is 6.10 Å². The smallest absolute Gasteiger partial charge is 0.151 e. The van der Waals surface area contributed by atoms with E-state index in [0.717, 1.165) is 22.0 Å². The molecule has 2 fully saturated rings. The number of ether oxygens (including phenoxy) is 4. The summed E-state index contributed by atoms with van der Waals surface area (Å²) in [6.07, 6.45) is 2.08. The van der Waals surface area contributed by atoms with Crippen molar-refractivity contribution in [1.82, 2.24) is 9.97 Å². The second-order valence-electron chi connectivity index (χ2n) is 9.42. The fourth-order valence-corrected chi connectivity index (χ4v) is 5.05. The number of halogens is 1. The number of aromatic nitrogens is 2. The summed E-state index contributed by atoms with van der Waals surface area (Å²) in [6, 6.07) is 8.46. The largest absolute Gasteiger partial charge is 0.483 e. The van der Waals surface area contributed by atoms with E-state index in [-0.39, 0.29) is 18.8 Å². The zero-order chi connectivity index (χ0) is 24.7. The molecule has 1 aromatic heterocycles. The molecule has 0 radical (unpaired) electrons. The van der Waals surface area contributed by atoms with Gasteiger partial charge in [0.1, 0.15) is 41.5 Å². The summed E-state index contributed by atoms with van der Waals surface area (Å²) in [5.74, 6) is 0.550. The lowest BCUT2D eigenvalue weighted by atomic mass is 9.92. The summed E-state index contributed by atoms with van der Waals surface area (Å²) < 4.78 is 38.9. The molecule has 5 rings (SSSR count). The summed E-state index contributed by atoms with van der Waals surface area (Å²) in [5.41, 5.74) is 2.76. The highest BCUT2D eigenvalue weighted by Crippen LogP contribution is 2.43. The summed E-state index contributed by atoms with van der Waals surface area (Å²) in [6.45, 7) is 12.6. The molecule has 3 aromatic rings. The SMILES string of the molecule is C=CC12OC[C@@H](Oc3cc(F)ccc3Nc3ncnc4cc(C)cc(C)c34)C1OC[C@H]2OC(C)C. The first-order valence-electron chi connectivity index (χ1n) is 11.8. The van der Waals surface area contributed by atoms with Gasteiger partial charge < -0.3 is 24.3 Å². The Morgan fingerprint density at radius 1 is 1.20 bits per heavy atom. The topological polar surface area (TPSA) is 74.7 Å². The van der Waals surface area contributed by atoms with Crippen LogP contribution in [0.5, 0.6) is 5.75 Å². The summed E-state index contributed by atoms with van der Waals surface area (Å²) in [7, 11) is 0. The molecule has 7 nitrogen and oxygen atoms in total. The Morgan fingerprint density at radius 2 is 2.03 bits per heavy atom. The minimum atomic E-state index is -0.812. The molecule has 2 aromatic carbocycles. The van der Waals surface area contributed by atoms with E-state index in [1.165, 1.54) is 18.5 Å². The van der Waals surface area contributed by atoms with Crippen LogP contribution in [0.15, 0.2) is 49.3 Å². The quantitative estimate of drug-likeness (QED) is 0.477. The number of nitrogens with zero attached hydrogens (tertiary/aromatic N) is 2. The summed E-state index contributed by atoms with van der Waals surface area (Å²) >= 11 is 0. The van der Waals surface area contributed by atoms with Crippen molar-refractivity contribution in [3.05, 3.63) is 66.3 Å². The molecule has 0 saturated carbocycles. The molecule has 1 N–H and O–H groups in total. The van der Waals surface area contributed by atoms with Gasteiger partial charge in [0.05, 0.1) is 30.5 Å². The predicted molar refractivity (Wildman–Crippen MR) is 132 cm³/mol. The maximum atomic E-state index is 14.3. The minimum Gasteiger partial charge on any atom is -0.483 e. The van der Waals surface area contributed by atoms with Gasteiger partial charge in [0.25, 0.3) is 0 Å². The first kappa shape index (κ1) is 23.7. The molecule has 3 heterocycles. The molecule has 2 saturated heterocycles. The third-order valence-electron chi connectivity index (χ3n) is 6.52. The van der Waals surface area contributed by atoms with E-state index in [1.54, 1.807) is 12.1 Å². The van der Waals surface area contributed by atoms with Gasteiger partial charge in [0.2, 0.25) is 0 Å². The van der Waals surface area contributed by atoms with Crippen LogP contribution in [0, 0.1) is 19.7 Å². The molecule has 0 spiro atoms. The van der Waals surface area contributed by atoms with Crippen LogP contribution in [0.3, 0.4) is 0 Å². The Morgan fingerprint density at radius 3 is 2.80 bits per heavy atom. The fraction of sp³-hybridized carbons (Fsp3) is 0.407. The Labute approximate surface area is 204 Å². The first-order chi connectivity index (χ1) is 16.8. The predicted octanol–water partition coefficient (Wildman–Crippen LogP) is 5.02. The molecule has 0 amide bonds. The molecular weight excluding hydrogens is 449 g/mol. The Kier molecular flexibility index (Phi) is 6.21. The van der Waals surface area contributed by atoms with Gasteiger partial charge in [-0.3, -0.25) is 0 Å².